The van der Waals surface area contributed by atoms with Gasteiger partial charge in [0.05, 0.1) is 0 Å². The quantitative estimate of drug-likeness (QED) is 0.544. The van der Waals surface area contributed by atoms with Crippen LogP contribution in [0.15, 0.2) is 48.7 Å². The summed E-state index contributed by atoms with van der Waals surface area (Å²) in [5.41, 5.74) is 3.14. The van der Waals surface area contributed by atoms with E-state index in [-0.39, 0.29) is 11.2 Å². The highest BCUT2D eigenvalue weighted by molar-refractivity contribution is 5.35. The van der Waals surface area contributed by atoms with Gasteiger partial charge in [-0.3, -0.25) is 0 Å². The highest BCUT2D eigenvalue weighted by atomic mass is 19.1. The van der Waals surface area contributed by atoms with E-state index in [1.165, 1.54) is 24.1 Å². The topological polar surface area (TPSA) is 12.0 Å². The normalized spacial score (nSPS) is 13.5. The number of halogens is 1. The average Bonchev–Trinajstić information content (AvgIpc) is 2.51. The van der Waals surface area contributed by atoms with Crippen LogP contribution < -0.4 is 5.32 Å². The largest absolute Gasteiger partial charge is 0.388 e. The molecule has 1 aromatic rings. The van der Waals surface area contributed by atoms with Crippen molar-refractivity contribution in [1.29, 1.82) is 0 Å². The first-order valence-corrected chi connectivity index (χ1v) is 8.30. The fourth-order valence-electron chi connectivity index (χ4n) is 2.61. The van der Waals surface area contributed by atoms with Gasteiger partial charge in [-0.15, -0.1) is 0 Å². The molecule has 0 bridgehead atoms. The Hall–Kier alpha value is -1.57. The standard InChI is InChI=1S/C20H30FN/c1-6-8-10-17(4)22-15-20(5,16(3)9-7-2)18-11-13-19(21)14-12-18/h11-14,22H,3-4,6-10,15H2,1-2,5H3. The molecule has 0 aromatic heterocycles. The maximum atomic E-state index is 13.2. The molecule has 0 aliphatic heterocycles. The summed E-state index contributed by atoms with van der Waals surface area (Å²) in [6.07, 6.45) is 5.34. The van der Waals surface area contributed by atoms with Gasteiger partial charge in [0.2, 0.25) is 0 Å². The fourth-order valence-corrected chi connectivity index (χ4v) is 2.61. The predicted octanol–water partition coefficient (Wildman–Crippen LogP) is 5.73. The summed E-state index contributed by atoms with van der Waals surface area (Å²) in [5, 5.41) is 3.46. The third kappa shape index (κ3) is 5.01. The molecule has 0 heterocycles. The number of hydrogen-bond acceptors (Lipinski definition) is 1. The monoisotopic (exact) mass is 303 g/mol. The molecule has 0 saturated heterocycles. The van der Waals surface area contributed by atoms with Gasteiger partial charge in [0.15, 0.2) is 0 Å². The maximum Gasteiger partial charge on any atom is 0.123 e. The van der Waals surface area contributed by atoms with Crippen LogP contribution in [0, 0.1) is 5.82 Å². The van der Waals surface area contributed by atoms with Crippen LogP contribution in [0.25, 0.3) is 0 Å². The van der Waals surface area contributed by atoms with Crippen molar-refractivity contribution in [2.24, 2.45) is 0 Å². The molecule has 1 atom stereocenters. The van der Waals surface area contributed by atoms with Crippen LogP contribution in [0.3, 0.4) is 0 Å². The van der Waals surface area contributed by atoms with E-state index in [1.54, 1.807) is 0 Å². The lowest BCUT2D eigenvalue weighted by atomic mass is 9.74. The van der Waals surface area contributed by atoms with Crippen molar-refractivity contribution in [1.82, 2.24) is 5.32 Å². The van der Waals surface area contributed by atoms with E-state index in [2.05, 4.69) is 39.2 Å². The molecule has 1 aromatic carbocycles. The summed E-state index contributed by atoms with van der Waals surface area (Å²) in [5.74, 6) is -0.201. The Kier molecular flexibility index (Phi) is 7.37. The van der Waals surface area contributed by atoms with E-state index in [0.717, 1.165) is 43.5 Å². The molecule has 2 heteroatoms. The highest BCUT2D eigenvalue weighted by Gasteiger charge is 2.29. The Balaban J connectivity index is 2.89. The van der Waals surface area contributed by atoms with Gasteiger partial charge in [-0.2, -0.15) is 0 Å². The second kappa shape index (κ2) is 8.77. The summed E-state index contributed by atoms with van der Waals surface area (Å²) in [6, 6.07) is 6.79. The van der Waals surface area contributed by atoms with Gasteiger partial charge < -0.3 is 5.32 Å². The second-order valence-electron chi connectivity index (χ2n) is 6.25. The first kappa shape index (κ1) is 18.5. The Morgan fingerprint density at radius 2 is 1.73 bits per heavy atom. The molecule has 122 valence electrons. The second-order valence-corrected chi connectivity index (χ2v) is 6.25. The zero-order chi connectivity index (χ0) is 16.6. The maximum absolute atomic E-state index is 13.2. The Morgan fingerprint density at radius 1 is 1.09 bits per heavy atom. The van der Waals surface area contributed by atoms with Crippen molar-refractivity contribution in [2.45, 2.75) is 58.3 Å². The summed E-state index contributed by atoms with van der Waals surface area (Å²) in [6.45, 7) is 15.7. The molecular weight excluding hydrogens is 273 g/mol. The molecule has 0 saturated carbocycles. The van der Waals surface area contributed by atoms with Crippen molar-refractivity contribution >= 4 is 0 Å². The van der Waals surface area contributed by atoms with Crippen LogP contribution in [0.5, 0.6) is 0 Å². The van der Waals surface area contributed by atoms with Gasteiger partial charge in [-0.1, -0.05) is 64.5 Å². The van der Waals surface area contributed by atoms with Crippen LogP contribution in [-0.4, -0.2) is 6.54 Å². The number of unbranched alkanes of at least 4 members (excludes halogenated alkanes) is 1. The van der Waals surface area contributed by atoms with E-state index < -0.39 is 0 Å². The zero-order valence-electron chi connectivity index (χ0n) is 14.3. The van der Waals surface area contributed by atoms with Crippen molar-refractivity contribution in [3.05, 3.63) is 60.1 Å². The summed E-state index contributed by atoms with van der Waals surface area (Å²) in [7, 11) is 0. The number of benzene rings is 1. The van der Waals surface area contributed by atoms with E-state index in [0.29, 0.717) is 0 Å². The summed E-state index contributed by atoms with van der Waals surface area (Å²) in [4.78, 5) is 0. The number of allylic oxidation sites excluding steroid dienone is 1. The first-order chi connectivity index (χ1) is 10.4. The number of nitrogens with one attached hydrogen (secondary N) is 1. The molecule has 1 N–H and O–H groups in total. The summed E-state index contributed by atoms with van der Waals surface area (Å²) < 4.78 is 13.2. The molecule has 0 spiro atoms. The Morgan fingerprint density at radius 3 is 2.27 bits per heavy atom. The van der Waals surface area contributed by atoms with Gasteiger partial charge in [0.1, 0.15) is 5.82 Å². The molecule has 1 unspecified atom stereocenters. The molecule has 0 aliphatic rings. The molecule has 22 heavy (non-hydrogen) atoms. The fraction of sp³-hybridized carbons (Fsp3) is 0.500. The van der Waals surface area contributed by atoms with E-state index in [1.807, 2.05) is 12.1 Å². The van der Waals surface area contributed by atoms with Crippen LogP contribution in [-0.2, 0) is 5.41 Å². The minimum atomic E-state index is -0.209. The SMILES string of the molecule is C=C(CCCC)NCC(C)(C(=C)CCC)c1ccc(F)cc1. The average molecular weight is 303 g/mol. The van der Waals surface area contributed by atoms with Gasteiger partial charge in [0, 0.05) is 17.7 Å². The zero-order valence-corrected chi connectivity index (χ0v) is 14.3. The van der Waals surface area contributed by atoms with Crippen LogP contribution in [0.4, 0.5) is 4.39 Å². The molecule has 1 rings (SSSR count). The highest BCUT2D eigenvalue weighted by Crippen LogP contribution is 2.33. The van der Waals surface area contributed by atoms with Crippen LogP contribution >= 0.6 is 0 Å². The number of hydrogen-bond donors (Lipinski definition) is 1. The molecule has 0 fully saturated rings. The van der Waals surface area contributed by atoms with Crippen molar-refractivity contribution in [3.63, 3.8) is 0 Å². The van der Waals surface area contributed by atoms with Crippen LogP contribution in [0.1, 0.15) is 58.4 Å². The van der Waals surface area contributed by atoms with Gasteiger partial charge >= 0.3 is 0 Å². The Labute approximate surface area is 135 Å². The molecule has 0 radical (unpaired) electrons. The lowest BCUT2D eigenvalue weighted by molar-refractivity contribution is 0.496. The molecule has 1 nitrogen and oxygen atoms in total. The van der Waals surface area contributed by atoms with Gasteiger partial charge in [-0.05, 0) is 37.0 Å². The van der Waals surface area contributed by atoms with Gasteiger partial charge in [-0.25, -0.2) is 4.39 Å². The molecular formula is C20H30FN. The third-order valence-corrected chi connectivity index (χ3v) is 4.34. The van der Waals surface area contributed by atoms with E-state index >= 15 is 0 Å². The molecule has 0 amide bonds. The van der Waals surface area contributed by atoms with E-state index in [4.69, 9.17) is 0 Å². The van der Waals surface area contributed by atoms with Crippen molar-refractivity contribution < 1.29 is 4.39 Å². The predicted molar refractivity (Wildman–Crippen MR) is 94.5 cm³/mol. The minimum Gasteiger partial charge on any atom is -0.388 e. The summed E-state index contributed by atoms with van der Waals surface area (Å²) >= 11 is 0. The van der Waals surface area contributed by atoms with Crippen molar-refractivity contribution in [2.75, 3.05) is 6.54 Å². The first-order valence-electron chi connectivity index (χ1n) is 8.30. The minimum absolute atomic E-state index is 0.201. The van der Waals surface area contributed by atoms with Gasteiger partial charge in [0.25, 0.3) is 0 Å². The number of rotatable bonds is 10. The van der Waals surface area contributed by atoms with Crippen LogP contribution in [0.2, 0.25) is 0 Å². The smallest absolute Gasteiger partial charge is 0.123 e. The van der Waals surface area contributed by atoms with Crippen molar-refractivity contribution in [3.8, 4) is 0 Å². The Bertz CT molecular complexity index is 489. The third-order valence-electron chi connectivity index (χ3n) is 4.34. The van der Waals surface area contributed by atoms with E-state index in [9.17, 15) is 4.39 Å². The molecule has 0 aliphatic carbocycles. The lowest BCUT2D eigenvalue weighted by Gasteiger charge is -2.34. The lowest BCUT2D eigenvalue weighted by Crippen LogP contribution is -2.36.